The van der Waals surface area contributed by atoms with E-state index in [9.17, 15) is 9.59 Å². The molecule has 2 N–H and O–H groups in total. The first-order chi connectivity index (χ1) is 28.8. The van der Waals surface area contributed by atoms with Crippen LogP contribution in [0.1, 0.15) is 61.3 Å². The smallest absolute Gasteiger partial charge is 0.373 e. The SMILES string of the molecule is CCO[Si](CCCNC(=O)c1ccc(Oc2ccc(C(=O)NCCC[Si](OCC)(OCC)c3cccc4ccccc34)cc2)cc1)(OCC)c1cccc2ccccc12. The van der Waals surface area contributed by atoms with Gasteiger partial charge in [-0.1, -0.05) is 84.9 Å². The Hall–Kier alpha value is -5.15. The van der Waals surface area contributed by atoms with Crippen LogP contribution in [0.15, 0.2) is 133 Å². The molecule has 0 heterocycles. The second-order valence-corrected chi connectivity index (χ2v) is 20.4. The van der Waals surface area contributed by atoms with Gasteiger partial charge in [-0.25, -0.2) is 0 Å². The maximum Gasteiger partial charge on any atom is 0.373 e. The van der Waals surface area contributed by atoms with Gasteiger partial charge in [0, 0.05) is 61.0 Å². The quantitative estimate of drug-likeness (QED) is 0.0521. The summed E-state index contributed by atoms with van der Waals surface area (Å²) in [7, 11) is -5.55. The van der Waals surface area contributed by atoms with Gasteiger partial charge in [0.15, 0.2) is 0 Å². The van der Waals surface area contributed by atoms with E-state index in [4.69, 9.17) is 22.4 Å². The van der Waals surface area contributed by atoms with Gasteiger partial charge in [0.1, 0.15) is 11.5 Å². The van der Waals surface area contributed by atoms with Crippen molar-refractivity contribution < 1.29 is 32.0 Å². The van der Waals surface area contributed by atoms with Gasteiger partial charge >= 0.3 is 17.1 Å². The normalized spacial score (nSPS) is 11.8. The number of carbonyl (C=O) groups excluding carboxylic acids is 2. The molecule has 0 aliphatic carbocycles. The lowest BCUT2D eigenvalue weighted by molar-refractivity contribution is 0.0945. The third-order valence-electron chi connectivity index (χ3n) is 10.3. The molecule has 6 aromatic rings. The molecule has 0 saturated carbocycles. The minimum absolute atomic E-state index is 0.158. The highest BCUT2D eigenvalue weighted by Crippen LogP contribution is 2.25. The second kappa shape index (κ2) is 21.2. The minimum atomic E-state index is -2.78. The van der Waals surface area contributed by atoms with Crippen molar-refractivity contribution in [2.45, 2.75) is 52.6 Å². The van der Waals surface area contributed by atoms with Crippen molar-refractivity contribution >= 4 is 60.9 Å². The van der Waals surface area contributed by atoms with Crippen LogP contribution in [0, 0.1) is 0 Å². The lowest BCUT2D eigenvalue weighted by Crippen LogP contribution is -2.54. The predicted octanol–water partition coefficient (Wildman–Crippen LogP) is 8.87. The summed E-state index contributed by atoms with van der Waals surface area (Å²) in [5, 5.41) is 13.0. The van der Waals surface area contributed by atoms with Crippen molar-refractivity contribution in [1.29, 1.82) is 0 Å². The number of amides is 2. The van der Waals surface area contributed by atoms with Gasteiger partial charge in [-0.2, -0.15) is 0 Å². The average molecular weight is 829 g/mol. The molecule has 0 aliphatic heterocycles. The first kappa shape index (κ1) is 43.4. The topological polar surface area (TPSA) is 104 Å². The Bertz CT molecular complexity index is 2100. The fraction of sp³-hybridized carbons (Fsp3) is 0.292. The number of nitrogens with one attached hydrogen (secondary N) is 2. The Morgan fingerprint density at radius 3 is 1.19 bits per heavy atom. The summed E-state index contributed by atoms with van der Waals surface area (Å²) in [6, 6.07) is 44.8. The van der Waals surface area contributed by atoms with E-state index in [2.05, 4.69) is 71.3 Å². The molecule has 0 bridgehead atoms. The molecule has 0 radical (unpaired) electrons. The molecule has 59 heavy (non-hydrogen) atoms. The molecule has 0 spiro atoms. The molecule has 11 heteroatoms. The molecule has 0 fully saturated rings. The standard InChI is InChI=1S/C48H56N2O7Si2/c1-5-53-58(54-6-2,45-23-13-19-37-17-9-11-21-43(37)45)35-15-33-49-47(51)39-25-29-41(30-26-39)57-42-31-27-40(28-32-42)48(52)50-34-16-36-59(55-7-3,56-8-4)46-24-14-20-38-18-10-12-22-44(38)46/h9-14,17-32H,5-8,15-16,33-36H2,1-4H3,(H,49,51)(H,50,52). The molecule has 6 aromatic carbocycles. The van der Waals surface area contributed by atoms with Crippen molar-refractivity contribution in [3.63, 3.8) is 0 Å². The fourth-order valence-electron chi connectivity index (χ4n) is 7.74. The summed E-state index contributed by atoms with van der Waals surface area (Å²) in [6.45, 7) is 11.2. The van der Waals surface area contributed by atoms with E-state index in [-0.39, 0.29) is 11.8 Å². The lowest BCUT2D eigenvalue weighted by Gasteiger charge is -2.31. The average Bonchev–Trinajstić information content (AvgIpc) is 3.27. The van der Waals surface area contributed by atoms with E-state index in [0.717, 1.165) is 31.9 Å². The zero-order valence-corrected chi connectivity index (χ0v) is 36.6. The maximum absolute atomic E-state index is 13.1. The van der Waals surface area contributed by atoms with Gasteiger partial charge in [0.2, 0.25) is 0 Å². The van der Waals surface area contributed by atoms with Crippen molar-refractivity contribution in [2.75, 3.05) is 39.5 Å². The molecule has 0 aliphatic rings. The third kappa shape index (κ3) is 10.7. The molecular weight excluding hydrogens is 773 g/mol. The van der Waals surface area contributed by atoms with Crippen molar-refractivity contribution in [2.24, 2.45) is 0 Å². The van der Waals surface area contributed by atoms with Crippen LogP contribution in [-0.4, -0.2) is 68.5 Å². The zero-order valence-electron chi connectivity index (χ0n) is 34.6. The van der Waals surface area contributed by atoms with Crippen molar-refractivity contribution in [3.05, 3.63) is 145 Å². The van der Waals surface area contributed by atoms with Crippen LogP contribution in [0.3, 0.4) is 0 Å². The van der Waals surface area contributed by atoms with Crippen molar-refractivity contribution in [1.82, 2.24) is 10.6 Å². The predicted molar refractivity (Wildman–Crippen MR) is 242 cm³/mol. The Kier molecular flexibility index (Phi) is 15.6. The van der Waals surface area contributed by atoms with Crippen LogP contribution in [0.4, 0.5) is 0 Å². The highest BCUT2D eigenvalue weighted by Gasteiger charge is 2.41. The molecular formula is C48H56N2O7Si2. The first-order valence-corrected chi connectivity index (χ1v) is 24.9. The van der Waals surface area contributed by atoms with Crippen LogP contribution in [0.25, 0.3) is 21.5 Å². The van der Waals surface area contributed by atoms with Crippen molar-refractivity contribution in [3.8, 4) is 11.5 Å². The number of carbonyl (C=O) groups is 2. The summed E-state index contributed by atoms with van der Waals surface area (Å²) >= 11 is 0. The van der Waals surface area contributed by atoms with E-state index in [1.807, 2.05) is 52.0 Å². The Labute approximate surface area is 350 Å². The van der Waals surface area contributed by atoms with E-state index >= 15 is 0 Å². The zero-order chi connectivity index (χ0) is 41.5. The Morgan fingerprint density at radius 2 is 0.814 bits per heavy atom. The number of fused-ring (bicyclic) bond motifs is 2. The maximum atomic E-state index is 13.1. The molecule has 9 nitrogen and oxygen atoms in total. The van der Waals surface area contributed by atoms with Crippen LogP contribution < -0.4 is 25.7 Å². The van der Waals surface area contributed by atoms with E-state index in [1.165, 1.54) is 0 Å². The fourth-order valence-corrected chi connectivity index (χ4v) is 14.8. The van der Waals surface area contributed by atoms with E-state index in [1.54, 1.807) is 48.5 Å². The molecule has 0 atom stereocenters. The van der Waals surface area contributed by atoms with Gasteiger partial charge < -0.3 is 33.1 Å². The first-order valence-electron chi connectivity index (χ1n) is 20.8. The second-order valence-electron chi connectivity index (χ2n) is 14.2. The molecule has 0 aromatic heterocycles. The summed E-state index contributed by atoms with van der Waals surface area (Å²) < 4.78 is 31.9. The summed E-state index contributed by atoms with van der Waals surface area (Å²) in [5.41, 5.74) is 1.08. The van der Waals surface area contributed by atoms with Crippen LogP contribution >= 0.6 is 0 Å². The highest BCUT2D eigenvalue weighted by atomic mass is 28.4. The largest absolute Gasteiger partial charge is 0.457 e. The van der Waals surface area contributed by atoms with Gasteiger partial charge in [-0.05, 0) is 123 Å². The number of ether oxygens (including phenoxy) is 1. The van der Waals surface area contributed by atoms with E-state index < -0.39 is 17.1 Å². The van der Waals surface area contributed by atoms with Crippen LogP contribution in [-0.2, 0) is 17.7 Å². The monoisotopic (exact) mass is 828 g/mol. The number of hydrogen-bond acceptors (Lipinski definition) is 7. The Morgan fingerprint density at radius 1 is 0.458 bits per heavy atom. The molecule has 6 rings (SSSR count). The molecule has 0 saturated heterocycles. The van der Waals surface area contributed by atoms with Crippen LogP contribution in [0.5, 0.6) is 11.5 Å². The lowest BCUT2D eigenvalue weighted by atomic mass is 10.1. The number of hydrogen-bond donors (Lipinski definition) is 2. The minimum Gasteiger partial charge on any atom is -0.457 e. The summed E-state index contributed by atoms with van der Waals surface area (Å²) in [5.74, 6) is 0.852. The molecule has 308 valence electrons. The van der Waals surface area contributed by atoms with Gasteiger partial charge in [-0.3, -0.25) is 9.59 Å². The summed E-state index contributed by atoms with van der Waals surface area (Å²) in [4.78, 5) is 26.2. The Balaban J connectivity index is 0.982. The molecule has 0 unspecified atom stereocenters. The van der Waals surface area contributed by atoms with Gasteiger partial charge in [0.05, 0.1) is 0 Å². The number of benzene rings is 6. The third-order valence-corrected chi connectivity index (χ3v) is 17.9. The van der Waals surface area contributed by atoms with Gasteiger partial charge in [-0.15, -0.1) is 0 Å². The summed E-state index contributed by atoms with van der Waals surface area (Å²) in [6.07, 6.45) is 1.43. The van der Waals surface area contributed by atoms with E-state index in [0.29, 0.717) is 87.1 Å². The molecule has 2 amide bonds. The van der Waals surface area contributed by atoms with Crippen LogP contribution in [0.2, 0.25) is 12.1 Å². The van der Waals surface area contributed by atoms with Gasteiger partial charge in [0.25, 0.3) is 11.8 Å². The number of rotatable bonds is 22. The highest BCUT2D eigenvalue weighted by molar-refractivity contribution is 6.83.